The SMILES string of the molecule is CC.CO/N=C(\C)c1ccc(/C(C)=N/OCc2c(C)cccc2/C(=N\OC)C(=O)OC)cc1. The van der Waals surface area contributed by atoms with Crippen molar-refractivity contribution in [2.45, 2.75) is 41.2 Å². The molecule has 2 aromatic carbocycles. The summed E-state index contributed by atoms with van der Waals surface area (Å²) in [5, 5.41) is 12.0. The van der Waals surface area contributed by atoms with Crippen LogP contribution in [0.2, 0.25) is 0 Å². The lowest BCUT2D eigenvalue weighted by molar-refractivity contribution is -0.132. The molecule has 8 nitrogen and oxygen atoms in total. The summed E-state index contributed by atoms with van der Waals surface area (Å²) < 4.78 is 4.82. The Labute approximate surface area is 195 Å². The van der Waals surface area contributed by atoms with E-state index in [9.17, 15) is 4.79 Å². The second-order valence-corrected chi connectivity index (χ2v) is 6.60. The van der Waals surface area contributed by atoms with E-state index in [1.54, 1.807) is 6.07 Å². The quantitative estimate of drug-likeness (QED) is 0.306. The van der Waals surface area contributed by atoms with Crippen molar-refractivity contribution in [1.29, 1.82) is 0 Å². The Morgan fingerprint density at radius 2 is 1.36 bits per heavy atom. The van der Waals surface area contributed by atoms with Gasteiger partial charge in [-0.25, -0.2) is 4.79 Å². The summed E-state index contributed by atoms with van der Waals surface area (Å²) in [6, 6.07) is 13.3. The topological polar surface area (TPSA) is 91.1 Å². The van der Waals surface area contributed by atoms with E-state index >= 15 is 0 Å². The second kappa shape index (κ2) is 14.4. The average molecular weight is 456 g/mol. The number of hydrogen-bond acceptors (Lipinski definition) is 8. The lowest BCUT2D eigenvalue weighted by Crippen LogP contribution is -2.20. The maximum absolute atomic E-state index is 12.1. The molecule has 178 valence electrons. The van der Waals surface area contributed by atoms with Gasteiger partial charge in [-0.2, -0.15) is 0 Å². The van der Waals surface area contributed by atoms with Crippen LogP contribution in [-0.2, 0) is 30.7 Å². The Morgan fingerprint density at radius 3 is 1.88 bits per heavy atom. The van der Waals surface area contributed by atoms with E-state index in [2.05, 4.69) is 15.5 Å². The summed E-state index contributed by atoms with van der Waals surface area (Å²) >= 11 is 0. The highest BCUT2D eigenvalue weighted by Gasteiger charge is 2.20. The molecule has 0 saturated heterocycles. The molecule has 0 heterocycles. The van der Waals surface area contributed by atoms with Crippen molar-refractivity contribution in [2.24, 2.45) is 15.5 Å². The number of rotatable bonds is 9. The first-order valence-electron chi connectivity index (χ1n) is 10.6. The van der Waals surface area contributed by atoms with Crippen LogP contribution in [0.25, 0.3) is 0 Å². The van der Waals surface area contributed by atoms with E-state index in [4.69, 9.17) is 19.2 Å². The van der Waals surface area contributed by atoms with Crippen molar-refractivity contribution in [3.8, 4) is 0 Å². The van der Waals surface area contributed by atoms with Gasteiger partial charge in [-0.3, -0.25) is 0 Å². The fourth-order valence-electron chi connectivity index (χ4n) is 2.89. The number of carbonyl (C=O) groups is 1. The van der Waals surface area contributed by atoms with Gasteiger partial charge in [0.15, 0.2) is 5.71 Å². The number of esters is 1. The van der Waals surface area contributed by atoms with Crippen LogP contribution >= 0.6 is 0 Å². The number of nitrogens with zero attached hydrogens (tertiary/aromatic N) is 3. The molecule has 0 saturated carbocycles. The molecule has 0 aliphatic rings. The highest BCUT2D eigenvalue weighted by Crippen LogP contribution is 2.18. The fourth-order valence-corrected chi connectivity index (χ4v) is 2.89. The summed E-state index contributed by atoms with van der Waals surface area (Å²) in [6.07, 6.45) is 0. The smallest absolute Gasteiger partial charge is 0.360 e. The molecule has 2 rings (SSSR count). The lowest BCUT2D eigenvalue weighted by atomic mass is 9.99. The predicted molar refractivity (Wildman–Crippen MR) is 131 cm³/mol. The van der Waals surface area contributed by atoms with Crippen LogP contribution in [0.3, 0.4) is 0 Å². The molecule has 0 aromatic heterocycles. The van der Waals surface area contributed by atoms with Crippen molar-refractivity contribution >= 4 is 23.1 Å². The van der Waals surface area contributed by atoms with Gasteiger partial charge in [0.1, 0.15) is 20.8 Å². The Balaban J connectivity index is 0.00000265. The van der Waals surface area contributed by atoms with E-state index in [0.717, 1.165) is 28.0 Å². The molecule has 0 N–H and O–H groups in total. The molecule has 0 unspecified atom stereocenters. The van der Waals surface area contributed by atoms with E-state index in [0.29, 0.717) is 11.3 Å². The monoisotopic (exact) mass is 455 g/mol. The second-order valence-electron chi connectivity index (χ2n) is 6.60. The molecule has 0 fully saturated rings. The van der Waals surface area contributed by atoms with E-state index in [1.165, 1.54) is 21.3 Å². The van der Waals surface area contributed by atoms with Gasteiger partial charge in [-0.15, -0.1) is 0 Å². The van der Waals surface area contributed by atoms with Gasteiger partial charge >= 0.3 is 5.97 Å². The lowest BCUT2D eigenvalue weighted by Gasteiger charge is -2.12. The van der Waals surface area contributed by atoms with Gasteiger partial charge in [-0.05, 0) is 37.5 Å². The number of benzene rings is 2. The standard InChI is InChI=1S/C23H27N3O5.C2H6/c1-15-8-7-9-20(22(26-30-6)23(27)28-4)21(15)14-31-25-17(3)19-12-10-18(11-13-19)16(2)24-29-5;1-2/h7-13H,14H2,1-6H3;1-2H3/b24-16+,25-17+,26-22+;. The van der Waals surface area contributed by atoms with Gasteiger partial charge in [0.25, 0.3) is 0 Å². The summed E-state index contributed by atoms with van der Waals surface area (Å²) in [4.78, 5) is 27.4. The van der Waals surface area contributed by atoms with E-state index < -0.39 is 5.97 Å². The Hall–Kier alpha value is -3.68. The van der Waals surface area contributed by atoms with Crippen molar-refractivity contribution < 1.29 is 24.0 Å². The van der Waals surface area contributed by atoms with Crippen molar-refractivity contribution in [3.05, 3.63) is 70.3 Å². The van der Waals surface area contributed by atoms with Gasteiger partial charge in [-0.1, -0.05) is 71.8 Å². The predicted octanol–water partition coefficient (Wildman–Crippen LogP) is 4.86. The van der Waals surface area contributed by atoms with Crippen LogP contribution in [0.4, 0.5) is 0 Å². The highest BCUT2D eigenvalue weighted by molar-refractivity contribution is 6.43. The van der Waals surface area contributed by atoms with Crippen molar-refractivity contribution in [2.75, 3.05) is 21.3 Å². The molecule has 33 heavy (non-hydrogen) atoms. The minimum absolute atomic E-state index is 0.0664. The zero-order valence-corrected chi connectivity index (χ0v) is 20.6. The molecule has 0 amide bonds. The molecule has 0 radical (unpaired) electrons. The molecule has 2 aromatic rings. The third-order valence-corrected chi connectivity index (χ3v) is 4.59. The Morgan fingerprint density at radius 1 is 0.818 bits per heavy atom. The first-order chi connectivity index (χ1) is 15.9. The Kier molecular flexibility index (Phi) is 11.9. The average Bonchev–Trinajstić information content (AvgIpc) is 2.84. The number of methoxy groups -OCH3 is 1. The first-order valence-corrected chi connectivity index (χ1v) is 10.6. The van der Waals surface area contributed by atoms with Gasteiger partial charge in [0, 0.05) is 11.1 Å². The number of hydrogen-bond donors (Lipinski definition) is 0. The van der Waals surface area contributed by atoms with Crippen molar-refractivity contribution in [1.82, 2.24) is 0 Å². The molecule has 8 heteroatoms. The van der Waals surface area contributed by atoms with E-state index in [-0.39, 0.29) is 12.3 Å². The van der Waals surface area contributed by atoms with Crippen LogP contribution in [0.15, 0.2) is 57.9 Å². The summed E-state index contributed by atoms with van der Waals surface area (Å²) in [7, 11) is 4.18. The molecule has 0 atom stereocenters. The summed E-state index contributed by atoms with van der Waals surface area (Å²) in [6.45, 7) is 9.80. The first kappa shape index (κ1) is 27.4. The zero-order chi connectivity index (χ0) is 24.8. The molecule has 0 spiro atoms. The maximum atomic E-state index is 12.1. The van der Waals surface area contributed by atoms with Gasteiger partial charge < -0.3 is 19.2 Å². The van der Waals surface area contributed by atoms with Crippen LogP contribution in [0.1, 0.15) is 55.5 Å². The van der Waals surface area contributed by atoms with Gasteiger partial charge in [0.2, 0.25) is 0 Å². The minimum atomic E-state index is -0.597. The molecule has 0 aliphatic heterocycles. The number of aryl methyl sites for hydroxylation is 1. The molecular weight excluding hydrogens is 422 g/mol. The molecular formula is C25H33N3O5. The number of carbonyl (C=O) groups excluding carboxylic acids is 1. The normalized spacial score (nSPS) is 11.8. The zero-order valence-electron chi connectivity index (χ0n) is 20.6. The third kappa shape index (κ3) is 7.75. The van der Waals surface area contributed by atoms with Crippen LogP contribution in [-0.4, -0.2) is 44.4 Å². The molecule has 0 aliphatic carbocycles. The minimum Gasteiger partial charge on any atom is -0.464 e. The number of oxime groups is 3. The van der Waals surface area contributed by atoms with Gasteiger partial charge in [0.05, 0.1) is 18.5 Å². The van der Waals surface area contributed by atoms with Crippen LogP contribution in [0.5, 0.6) is 0 Å². The third-order valence-electron chi connectivity index (χ3n) is 4.59. The van der Waals surface area contributed by atoms with Crippen LogP contribution < -0.4 is 0 Å². The molecule has 0 bridgehead atoms. The Bertz CT molecular complexity index is 996. The largest absolute Gasteiger partial charge is 0.464 e. The maximum Gasteiger partial charge on any atom is 0.360 e. The summed E-state index contributed by atoms with van der Waals surface area (Å²) in [5.74, 6) is -0.597. The van der Waals surface area contributed by atoms with Crippen molar-refractivity contribution in [3.63, 3.8) is 0 Å². The summed E-state index contributed by atoms with van der Waals surface area (Å²) in [5.41, 5.74) is 5.69. The highest BCUT2D eigenvalue weighted by atomic mass is 16.6. The van der Waals surface area contributed by atoms with Crippen LogP contribution in [0, 0.1) is 6.92 Å². The fraction of sp³-hybridized carbons (Fsp3) is 0.360. The van der Waals surface area contributed by atoms with E-state index in [1.807, 2.05) is 71.0 Å². The number of ether oxygens (including phenoxy) is 1.